The second-order valence-electron chi connectivity index (χ2n) is 16.0. The van der Waals surface area contributed by atoms with Gasteiger partial charge in [-0.1, -0.05) is 85.8 Å². The van der Waals surface area contributed by atoms with Crippen molar-refractivity contribution in [2.45, 2.75) is 129 Å². The van der Waals surface area contributed by atoms with Gasteiger partial charge >= 0.3 is 12.1 Å². The molecule has 0 spiro atoms. The lowest BCUT2D eigenvalue weighted by Crippen LogP contribution is -2.68. The molecule has 0 unspecified atom stereocenters. The van der Waals surface area contributed by atoms with Gasteiger partial charge in [0.15, 0.2) is 0 Å². The second-order valence-corrected chi connectivity index (χ2v) is 16.0. The van der Waals surface area contributed by atoms with Crippen molar-refractivity contribution in [1.82, 2.24) is 29.6 Å². The van der Waals surface area contributed by atoms with Crippen molar-refractivity contribution < 1.29 is 33.1 Å². The molecule has 1 aliphatic carbocycles. The lowest BCUT2D eigenvalue weighted by Gasteiger charge is -2.46. The molecule has 2 heterocycles. The minimum Gasteiger partial charge on any atom is -0.385 e. The van der Waals surface area contributed by atoms with Gasteiger partial charge in [0.25, 0.3) is 5.92 Å². The van der Waals surface area contributed by atoms with Crippen LogP contribution in [0.5, 0.6) is 0 Å². The van der Waals surface area contributed by atoms with Crippen LogP contribution >= 0.6 is 0 Å². The number of halogens is 2. The molecule has 5 atom stereocenters. The number of nitrogens with zero attached hydrogens (tertiary/aromatic N) is 6. The summed E-state index contributed by atoms with van der Waals surface area (Å²) in [6, 6.07) is 1.51. The Balaban J connectivity index is 2.21. The molecule has 1 aliphatic rings. The van der Waals surface area contributed by atoms with Crippen LogP contribution in [0.15, 0.2) is 48.8 Å². The summed E-state index contributed by atoms with van der Waals surface area (Å²) in [6.45, 7) is 9.26. The zero-order valence-corrected chi connectivity index (χ0v) is 33.6. The monoisotopic (exact) mass is 772 g/mol. The SMILES string of the molecule is CC(C)[C@H](N)C(=O)N(C(=O)N(C)Cc1ccccn1)[C@@H](C(C)C)C(F)(F)[C@H](O)[C@H](CC1CCCCC1)N(C(=O)[C@@H](N)C(C)C)C(=O)N(C)Cc1ccccn1. The van der Waals surface area contributed by atoms with E-state index in [1.54, 1.807) is 70.3 Å². The van der Waals surface area contributed by atoms with E-state index in [0.717, 1.165) is 24.2 Å². The molecule has 3 rings (SSSR count). The number of amides is 6. The average Bonchev–Trinajstić information content (AvgIpc) is 3.15. The van der Waals surface area contributed by atoms with Gasteiger partial charge in [0.05, 0.1) is 42.6 Å². The number of aromatic nitrogens is 2. The summed E-state index contributed by atoms with van der Waals surface area (Å²) in [6.07, 6.45) is 4.06. The second kappa shape index (κ2) is 20.2. The van der Waals surface area contributed by atoms with E-state index in [0.29, 0.717) is 34.0 Å². The van der Waals surface area contributed by atoms with Crippen molar-refractivity contribution in [3.63, 3.8) is 0 Å². The summed E-state index contributed by atoms with van der Waals surface area (Å²) < 4.78 is 35.4. The van der Waals surface area contributed by atoms with Crippen LogP contribution in [0.2, 0.25) is 0 Å². The molecule has 0 aliphatic heterocycles. The molecule has 306 valence electrons. The Morgan fingerprint density at radius 3 is 1.58 bits per heavy atom. The maximum atomic E-state index is 17.7. The molecular formula is C40H62F2N8O5. The maximum Gasteiger partial charge on any atom is 0.327 e. The number of pyridine rings is 2. The van der Waals surface area contributed by atoms with E-state index >= 15 is 8.78 Å². The Bertz CT molecular complexity index is 1540. The third-order valence-electron chi connectivity index (χ3n) is 10.5. The quantitative estimate of drug-likeness (QED) is 0.205. The Kier molecular flexibility index (Phi) is 16.6. The van der Waals surface area contributed by atoms with Crippen LogP contribution in [0.3, 0.4) is 0 Å². The minimum absolute atomic E-state index is 0.0654. The van der Waals surface area contributed by atoms with Gasteiger partial charge in [-0.3, -0.25) is 29.4 Å². The molecule has 15 heteroatoms. The lowest BCUT2D eigenvalue weighted by atomic mass is 9.80. The van der Waals surface area contributed by atoms with Crippen molar-refractivity contribution in [3.8, 4) is 0 Å². The molecule has 0 aromatic carbocycles. The Hall–Kier alpha value is -4.08. The zero-order chi connectivity index (χ0) is 41.2. The van der Waals surface area contributed by atoms with Crippen molar-refractivity contribution >= 4 is 23.9 Å². The molecule has 0 saturated heterocycles. The van der Waals surface area contributed by atoms with Crippen molar-refractivity contribution in [3.05, 3.63) is 60.2 Å². The fourth-order valence-corrected chi connectivity index (χ4v) is 7.10. The number of rotatable bonds is 16. The van der Waals surface area contributed by atoms with Crippen LogP contribution in [-0.4, -0.2) is 109 Å². The topological polar surface area (TPSA) is 179 Å². The first-order valence-corrected chi connectivity index (χ1v) is 19.3. The van der Waals surface area contributed by atoms with Crippen LogP contribution in [0, 0.1) is 23.7 Å². The van der Waals surface area contributed by atoms with E-state index in [-0.39, 0.29) is 25.4 Å². The van der Waals surface area contributed by atoms with Crippen LogP contribution in [0.25, 0.3) is 0 Å². The lowest BCUT2D eigenvalue weighted by molar-refractivity contribution is -0.189. The molecule has 0 bridgehead atoms. The first-order valence-electron chi connectivity index (χ1n) is 19.3. The highest BCUT2D eigenvalue weighted by molar-refractivity contribution is 5.98. The number of hydrogen-bond acceptors (Lipinski definition) is 9. The number of aliphatic hydroxyl groups excluding tert-OH is 1. The van der Waals surface area contributed by atoms with Gasteiger partial charge in [-0.15, -0.1) is 0 Å². The van der Waals surface area contributed by atoms with E-state index in [1.165, 1.54) is 39.0 Å². The Morgan fingerprint density at radius 1 is 0.745 bits per heavy atom. The fourth-order valence-electron chi connectivity index (χ4n) is 7.10. The summed E-state index contributed by atoms with van der Waals surface area (Å²) in [5.41, 5.74) is 13.6. The van der Waals surface area contributed by atoms with Crippen LogP contribution in [-0.2, 0) is 22.7 Å². The number of imide groups is 2. The molecular weight excluding hydrogens is 710 g/mol. The summed E-state index contributed by atoms with van der Waals surface area (Å²) in [5.74, 6) is -8.61. The van der Waals surface area contributed by atoms with Gasteiger partial charge in [-0.05, 0) is 54.4 Å². The smallest absolute Gasteiger partial charge is 0.327 e. The van der Waals surface area contributed by atoms with E-state index in [9.17, 15) is 24.3 Å². The van der Waals surface area contributed by atoms with Crippen LogP contribution in [0.1, 0.15) is 91.5 Å². The molecule has 13 nitrogen and oxygen atoms in total. The number of urea groups is 2. The van der Waals surface area contributed by atoms with E-state index in [2.05, 4.69) is 9.97 Å². The van der Waals surface area contributed by atoms with Crippen molar-refractivity contribution in [2.24, 2.45) is 35.1 Å². The molecule has 0 radical (unpaired) electrons. The van der Waals surface area contributed by atoms with Crippen LogP contribution in [0.4, 0.5) is 18.4 Å². The van der Waals surface area contributed by atoms with E-state index in [4.69, 9.17) is 11.5 Å². The molecule has 1 saturated carbocycles. The number of nitrogens with two attached hydrogens (primary N) is 2. The van der Waals surface area contributed by atoms with Gasteiger partial charge in [-0.25, -0.2) is 18.4 Å². The Labute approximate surface area is 324 Å². The standard InChI is InChI=1S/C40H62F2N8O5/c1-25(2)32(43)36(52)49(38(54)47(7)23-29-18-12-14-20-45-29)31(22-28-16-10-9-11-17-28)35(51)40(41,42)34(27(5)6)50(37(53)33(44)26(3)4)39(55)48(8)24-30-19-13-15-21-46-30/h12-15,18-21,25-28,31-35,51H,9-11,16-17,22-24,43-44H2,1-8H3/t31-,32-,33-,34-,35+/m0/s1. The summed E-state index contributed by atoms with van der Waals surface area (Å²) >= 11 is 0. The molecule has 5 N–H and O–H groups in total. The number of alkyl halides is 2. The summed E-state index contributed by atoms with van der Waals surface area (Å²) in [7, 11) is 2.78. The minimum atomic E-state index is -4.28. The van der Waals surface area contributed by atoms with Gasteiger partial charge in [0.2, 0.25) is 11.8 Å². The highest BCUT2D eigenvalue weighted by Crippen LogP contribution is 2.39. The predicted molar refractivity (Wildman–Crippen MR) is 206 cm³/mol. The molecule has 2 aromatic heterocycles. The zero-order valence-electron chi connectivity index (χ0n) is 33.6. The third kappa shape index (κ3) is 11.5. The fraction of sp³-hybridized carbons (Fsp3) is 0.650. The average molecular weight is 773 g/mol. The Morgan fingerprint density at radius 2 is 1.18 bits per heavy atom. The number of aliphatic hydroxyl groups is 1. The summed E-state index contributed by atoms with van der Waals surface area (Å²) in [5, 5.41) is 12.2. The van der Waals surface area contributed by atoms with Gasteiger partial charge < -0.3 is 26.4 Å². The summed E-state index contributed by atoms with van der Waals surface area (Å²) in [4.78, 5) is 69.1. The molecule has 55 heavy (non-hydrogen) atoms. The number of carbonyl (C=O) groups is 4. The normalized spacial score (nSPS) is 16.7. The first-order chi connectivity index (χ1) is 25.8. The number of carbonyl (C=O) groups excluding carboxylic acids is 4. The van der Waals surface area contributed by atoms with Gasteiger partial charge in [0, 0.05) is 26.5 Å². The van der Waals surface area contributed by atoms with E-state index in [1.807, 2.05) is 0 Å². The predicted octanol–water partition coefficient (Wildman–Crippen LogP) is 5.26. The van der Waals surface area contributed by atoms with Gasteiger partial charge in [0.1, 0.15) is 12.1 Å². The van der Waals surface area contributed by atoms with E-state index < -0.39 is 77.8 Å². The highest BCUT2D eigenvalue weighted by Gasteiger charge is 2.59. The molecule has 6 amide bonds. The first kappa shape index (κ1) is 45.3. The van der Waals surface area contributed by atoms with Crippen molar-refractivity contribution in [1.29, 1.82) is 0 Å². The van der Waals surface area contributed by atoms with Gasteiger partial charge in [-0.2, -0.15) is 0 Å². The highest BCUT2D eigenvalue weighted by atomic mass is 19.3. The third-order valence-corrected chi connectivity index (χ3v) is 10.5. The van der Waals surface area contributed by atoms with Crippen molar-refractivity contribution in [2.75, 3.05) is 14.1 Å². The molecule has 1 fully saturated rings. The maximum absolute atomic E-state index is 17.7. The largest absolute Gasteiger partial charge is 0.385 e. The number of hydrogen-bond donors (Lipinski definition) is 3. The molecule has 2 aromatic rings. The van der Waals surface area contributed by atoms with Crippen LogP contribution < -0.4 is 11.5 Å².